The molecule has 2 N–H and O–H groups in total. The highest BCUT2D eigenvalue weighted by Crippen LogP contribution is 2.28. The lowest BCUT2D eigenvalue weighted by Crippen LogP contribution is -2.12. The average molecular weight is 250 g/mol. The zero-order chi connectivity index (χ0) is 12.4. The third-order valence-electron chi connectivity index (χ3n) is 2.79. The normalized spacial score (nSPS) is 12.5. The van der Waals surface area contributed by atoms with Crippen LogP contribution in [0.25, 0.3) is 0 Å². The fraction of sp³-hybridized carbons (Fsp3) is 0.143. The Bertz CT molecular complexity index is 522. The van der Waals surface area contributed by atoms with Crippen LogP contribution in [0.1, 0.15) is 22.7 Å². The van der Waals surface area contributed by atoms with Crippen LogP contribution >= 0.6 is 11.6 Å². The predicted molar refractivity (Wildman–Crippen MR) is 68.6 cm³/mol. The Labute approximate surface area is 105 Å². The predicted octanol–water partition coefficient (Wildman–Crippen LogP) is 3.84. The zero-order valence-electron chi connectivity index (χ0n) is 9.45. The number of hydrogen-bond acceptors (Lipinski definition) is 1. The summed E-state index contributed by atoms with van der Waals surface area (Å²) in [7, 11) is 0. The van der Waals surface area contributed by atoms with E-state index in [1.54, 1.807) is 12.1 Å². The van der Waals surface area contributed by atoms with E-state index in [1.165, 1.54) is 12.1 Å². The van der Waals surface area contributed by atoms with E-state index in [0.717, 1.165) is 16.7 Å². The SMILES string of the molecule is Cc1cccc(C(N)c2ccc(F)cc2)c1Cl. The van der Waals surface area contributed by atoms with Crippen LogP contribution in [0.4, 0.5) is 4.39 Å². The fourth-order valence-corrected chi connectivity index (χ4v) is 2.00. The molecule has 2 aromatic rings. The Morgan fingerprint density at radius 1 is 1.12 bits per heavy atom. The third-order valence-corrected chi connectivity index (χ3v) is 3.30. The van der Waals surface area contributed by atoms with E-state index in [9.17, 15) is 4.39 Å². The number of halogens is 2. The van der Waals surface area contributed by atoms with Crippen molar-refractivity contribution in [2.24, 2.45) is 5.73 Å². The summed E-state index contributed by atoms with van der Waals surface area (Å²) >= 11 is 6.22. The molecule has 0 aliphatic heterocycles. The zero-order valence-corrected chi connectivity index (χ0v) is 10.2. The van der Waals surface area contributed by atoms with Crippen molar-refractivity contribution in [1.29, 1.82) is 0 Å². The molecule has 0 bridgehead atoms. The molecule has 0 spiro atoms. The minimum absolute atomic E-state index is 0.267. The highest BCUT2D eigenvalue weighted by Gasteiger charge is 2.13. The smallest absolute Gasteiger partial charge is 0.123 e. The second kappa shape index (κ2) is 4.86. The van der Waals surface area contributed by atoms with Crippen LogP contribution < -0.4 is 5.73 Å². The Morgan fingerprint density at radius 3 is 2.41 bits per heavy atom. The van der Waals surface area contributed by atoms with E-state index >= 15 is 0 Å². The molecule has 0 saturated heterocycles. The van der Waals surface area contributed by atoms with Gasteiger partial charge in [-0.05, 0) is 35.7 Å². The third kappa shape index (κ3) is 2.48. The van der Waals surface area contributed by atoms with Gasteiger partial charge in [-0.15, -0.1) is 0 Å². The maximum Gasteiger partial charge on any atom is 0.123 e. The molecule has 0 radical (unpaired) electrons. The van der Waals surface area contributed by atoms with Gasteiger partial charge >= 0.3 is 0 Å². The average Bonchev–Trinajstić information content (AvgIpc) is 2.33. The van der Waals surface area contributed by atoms with Crippen LogP contribution in [0, 0.1) is 12.7 Å². The van der Waals surface area contributed by atoms with Crippen LogP contribution in [0.2, 0.25) is 5.02 Å². The first-order valence-corrected chi connectivity index (χ1v) is 5.73. The van der Waals surface area contributed by atoms with E-state index in [1.807, 2.05) is 25.1 Å². The van der Waals surface area contributed by atoms with Crippen molar-refractivity contribution in [1.82, 2.24) is 0 Å². The monoisotopic (exact) mass is 249 g/mol. The van der Waals surface area contributed by atoms with Crippen LogP contribution in [-0.4, -0.2) is 0 Å². The van der Waals surface area contributed by atoms with Crippen LogP contribution in [-0.2, 0) is 0 Å². The molecular formula is C14H13ClFN. The molecule has 0 aliphatic rings. The van der Waals surface area contributed by atoms with E-state index < -0.39 is 0 Å². The van der Waals surface area contributed by atoms with Crippen LogP contribution in [0.3, 0.4) is 0 Å². The molecule has 1 atom stereocenters. The first-order chi connectivity index (χ1) is 8.09. The second-order valence-corrected chi connectivity index (χ2v) is 4.39. The maximum absolute atomic E-state index is 12.8. The molecule has 0 fully saturated rings. The van der Waals surface area contributed by atoms with Crippen molar-refractivity contribution in [3.05, 3.63) is 70.0 Å². The first kappa shape index (κ1) is 12.1. The molecule has 1 nitrogen and oxygen atoms in total. The summed E-state index contributed by atoms with van der Waals surface area (Å²) in [6, 6.07) is 11.6. The molecule has 0 aliphatic carbocycles. The number of hydrogen-bond donors (Lipinski definition) is 1. The molecule has 17 heavy (non-hydrogen) atoms. The Balaban J connectivity index is 2.40. The highest BCUT2D eigenvalue weighted by molar-refractivity contribution is 6.32. The van der Waals surface area contributed by atoms with Crippen molar-refractivity contribution in [3.8, 4) is 0 Å². The van der Waals surface area contributed by atoms with Crippen molar-refractivity contribution in [3.63, 3.8) is 0 Å². The van der Waals surface area contributed by atoms with Gasteiger partial charge in [-0.2, -0.15) is 0 Å². The highest BCUT2D eigenvalue weighted by atomic mass is 35.5. The number of rotatable bonds is 2. The van der Waals surface area contributed by atoms with Gasteiger partial charge < -0.3 is 5.73 Å². The van der Waals surface area contributed by atoms with Gasteiger partial charge in [-0.25, -0.2) is 4.39 Å². The summed E-state index contributed by atoms with van der Waals surface area (Å²) < 4.78 is 12.8. The van der Waals surface area contributed by atoms with Crippen molar-refractivity contribution in [2.45, 2.75) is 13.0 Å². The Morgan fingerprint density at radius 2 is 1.76 bits per heavy atom. The second-order valence-electron chi connectivity index (χ2n) is 4.01. The van der Waals surface area contributed by atoms with Gasteiger partial charge in [0, 0.05) is 5.02 Å². The summed E-state index contributed by atoms with van der Waals surface area (Å²) in [6.45, 7) is 1.93. The first-order valence-electron chi connectivity index (χ1n) is 5.35. The molecule has 2 rings (SSSR count). The lowest BCUT2D eigenvalue weighted by atomic mass is 9.98. The lowest BCUT2D eigenvalue weighted by molar-refractivity contribution is 0.626. The van der Waals surface area contributed by atoms with E-state index in [0.29, 0.717) is 5.02 Å². The van der Waals surface area contributed by atoms with E-state index in [2.05, 4.69) is 0 Å². The molecule has 3 heteroatoms. The minimum Gasteiger partial charge on any atom is -0.320 e. The van der Waals surface area contributed by atoms with Gasteiger partial charge in [0.15, 0.2) is 0 Å². The summed E-state index contributed by atoms with van der Waals surface area (Å²) in [6.07, 6.45) is 0. The Hall–Kier alpha value is -1.38. The minimum atomic E-state index is -0.331. The number of benzene rings is 2. The van der Waals surface area contributed by atoms with Crippen LogP contribution in [0.15, 0.2) is 42.5 Å². The molecular weight excluding hydrogens is 237 g/mol. The van der Waals surface area contributed by atoms with Crippen LogP contribution in [0.5, 0.6) is 0 Å². The van der Waals surface area contributed by atoms with Gasteiger partial charge in [-0.3, -0.25) is 0 Å². The summed E-state index contributed by atoms with van der Waals surface area (Å²) in [4.78, 5) is 0. The quantitative estimate of drug-likeness (QED) is 0.860. The van der Waals surface area contributed by atoms with Crippen molar-refractivity contribution < 1.29 is 4.39 Å². The molecule has 0 amide bonds. The summed E-state index contributed by atoms with van der Waals surface area (Å²) in [5, 5.41) is 0.671. The summed E-state index contributed by atoms with van der Waals surface area (Å²) in [5.74, 6) is -0.267. The molecule has 88 valence electrons. The molecule has 0 saturated carbocycles. The maximum atomic E-state index is 12.8. The van der Waals surface area contributed by atoms with Gasteiger partial charge in [0.1, 0.15) is 5.82 Å². The standard InChI is InChI=1S/C14H13ClFN/c1-9-3-2-4-12(13(9)15)14(17)10-5-7-11(16)8-6-10/h2-8,14H,17H2,1H3. The Kier molecular flexibility index (Phi) is 3.46. The molecule has 2 aromatic carbocycles. The van der Waals surface area contributed by atoms with E-state index in [-0.39, 0.29) is 11.9 Å². The van der Waals surface area contributed by atoms with Crippen molar-refractivity contribution in [2.75, 3.05) is 0 Å². The summed E-state index contributed by atoms with van der Waals surface area (Å²) in [5.41, 5.74) is 8.82. The number of nitrogens with two attached hydrogens (primary N) is 1. The van der Waals surface area contributed by atoms with E-state index in [4.69, 9.17) is 17.3 Å². The van der Waals surface area contributed by atoms with Gasteiger partial charge in [0.05, 0.1) is 6.04 Å². The molecule has 0 heterocycles. The lowest BCUT2D eigenvalue weighted by Gasteiger charge is -2.15. The van der Waals surface area contributed by atoms with Gasteiger partial charge in [-0.1, -0.05) is 41.9 Å². The largest absolute Gasteiger partial charge is 0.320 e. The van der Waals surface area contributed by atoms with Gasteiger partial charge in [0.25, 0.3) is 0 Å². The fourth-order valence-electron chi connectivity index (χ4n) is 1.76. The number of aryl methyl sites for hydroxylation is 1. The topological polar surface area (TPSA) is 26.0 Å². The molecule has 1 unspecified atom stereocenters. The van der Waals surface area contributed by atoms with Crippen molar-refractivity contribution >= 4 is 11.6 Å². The van der Waals surface area contributed by atoms with Gasteiger partial charge in [0.2, 0.25) is 0 Å². The molecule has 0 aromatic heterocycles.